The monoisotopic (exact) mass is 290 g/mol. The molecule has 3 rings (SSSR count). The molecular formula is C13H18N6O2. The lowest BCUT2D eigenvalue weighted by atomic mass is 10.3. The minimum Gasteiger partial charge on any atom is -0.472 e. The molecule has 3 heterocycles. The molecule has 0 radical (unpaired) electrons. The molecule has 1 saturated heterocycles. The Balaban J connectivity index is 1.79. The van der Waals surface area contributed by atoms with Gasteiger partial charge in [0.2, 0.25) is 17.8 Å². The Kier molecular flexibility index (Phi) is 3.87. The molecule has 0 aliphatic carbocycles. The number of hydrogen-bond donors (Lipinski definition) is 1. The first-order valence-corrected chi connectivity index (χ1v) is 6.79. The first-order valence-electron chi connectivity index (χ1n) is 6.79. The molecule has 0 spiro atoms. The summed E-state index contributed by atoms with van der Waals surface area (Å²) in [6, 6.07) is 1.91. The van der Waals surface area contributed by atoms with Crippen molar-refractivity contribution in [3.63, 3.8) is 0 Å². The highest BCUT2D eigenvalue weighted by molar-refractivity contribution is 5.43. The van der Waals surface area contributed by atoms with E-state index >= 15 is 0 Å². The Morgan fingerprint density at radius 2 is 2.10 bits per heavy atom. The third kappa shape index (κ3) is 3.22. The maximum Gasteiger partial charge on any atom is 0.232 e. The lowest BCUT2D eigenvalue weighted by Crippen LogP contribution is -2.38. The Labute approximate surface area is 122 Å². The molecule has 21 heavy (non-hydrogen) atoms. The van der Waals surface area contributed by atoms with Crippen LogP contribution in [0.1, 0.15) is 5.56 Å². The van der Waals surface area contributed by atoms with Gasteiger partial charge < -0.3 is 24.7 Å². The summed E-state index contributed by atoms with van der Waals surface area (Å²) >= 11 is 0. The molecule has 0 bridgehead atoms. The third-order valence-electron chi connectivity index (χ3n) is 3.26. The van der Waals surface area contributed by atoms with E-state index in [4.69, 9.17) is 14.9 Å². The first-order chi connectivity index (χ1) is 10.2. The highest BCUT2D eigenvalue weighted by Crippen LogP contribution is 2.17. The third-order valence-corrected chi connectivity index (χ3v) is 3.26. The second kappa shape index (κ2) is 5.96. The molecule has 0 amide bonds. The van der Waals surface area contributed by atoms with E-state index in [0.717, 1.165) is 18.7 Å². The lowest BCUT2D eigenvalue weighted by molar-refractivity contribution is 0.122. The molecule has 2 N–H and O–H groups in total. The van der Waals surface area contributed by atoms with Gasteiger partial charge in [-0.15, -0.1) is 0 Å². The highest BCUT2D eigenvalue weighted by Gasteiger charge is 2.17. The average molecular weight is 290 g/mol. The van der Waals surface area contributed by atoms with Crippen molar-refractivity contribution in [3.8, 4) is 0 Å². The van der Waals surface area contributed by atoms with Crippen molar-refractivity contribution in [3.05, 3.63) is 24.2 Å². The fourth-order valence-electron chi connectivity index (χ4n) is 2.17. The maximum atomic E-state index is 5.81. The van der Waals surface area contributed by atoms with Gasteiger partial charge in [0.1, 0.15) is 0 Å². The van der Waals surface area contributed by atoms with E-state index in [1.54, 1.807) is 12.5 Å². The topological polar surface area (TPSA) is 93.5 Å². The Bertz CT molecular complexity index is 582. The number of nitrogens with zero attached hydrogens (tertiary/aromatic N) is 5. The van der Waals surface area contributed by atoms with Crippen molar-refractivity contribution in [2.45, 2.75) is 6.54 Å². The van der Waals surface area contributed by atoms with Crippen molar-refractivity contribution in [1.82, 2.24) is 15.0 Å². The van der Waals surface area contributed by atoms with Crippen LogP contribution in [-0.2, 0) is 11.3 Å². The smallest absolute Gasteiger partial charge is 0.232 e. The second-order valence-electron chi connectivity index (χ2n) is 4.88. The second-order valence-corrected chi connectivity index (χ2v) is 4.88. The Morgan fingerprint density at radius 1 is 1.29 bits per heavy atom. The number of aromatic nitrogens is 3. The van der Waals surface area contributed by atoms with Crippen molar-refractivity contribution < 1.29 is 9.15 Å². The van der Waals surface area contributed by atoms with Crippen molar-refractivity contribution >= 4 is 17.8 Å². The summed E-state index contributed by atoms with van der Waals surface area (Å²) in [7, 11) is 1.91. The van der Waals surface area contributed by atoms with Gasteiger partial charge in [0.15, 0.2) is 0 Å². The van der Waals surface area contributed by atoms with Crippen molar-refractivity contribution in [1.29, 1.82) is 0 Å². The van der Waals surface area contributed by atoms with Gasteiger partial charge in [0.05, 0.1) is 25.7 Å². The summed E-state index contributed by atoms with van der Waals surface area (Å²) in [5.74, 6) is 1.37. The SMILES string of the molecule is CN(Cc1ccoc1)c1nc(N)nc(N2CCOCC2)n1. The number of rotatable bonds is 4. The minimum atomic E-state index is 0.223. The van der Waals surface area contributed by atoms with Gasteiger partial charge in [-0.3, -0.25) is 0 Å². The lowest BCUT2D eigenvalue weighted by Gasteiger charge is -2.27. The van der Waals surface area contributed by atoms with Crippen LogP contribution >= 0.6 is 0 Å². The molecule has 2 aromatic heterocycles. The van der Waals surface area contributed by atoms with Crippen molar-refractivity contribution in [2.24, 2.45) is 0 Å². The van der Waals surface area contributed by atoms with Gasteiger partial charge in [-0.25, -0.2) is 0 Å². The quantitative estimate of drug-likeness (QED) is 0.871. The summed E-state index contributed by atoms with van der Waals surface area (Å²) in [4.78, 5) is 16.9. The predicted molar refractivity (Wildman–Crippen MR) is 78.1 cm³/mol. The molecule has 1 aliphatic rings. The number of ether oxygens (including phenoxy) is 1. The predicted octanol–water partition coefficient (Wildman–Crippen LogP) is 0.520. The van der Waals surface area contributed by atoms with Crippen LogP contribution in [-0.4, -0.2) is 48.3 Å². The van der Waals surface area contributed by atoms with Crippen LogP contribution in [0.25, 0.3) is 0 Å². The number of nitrogen functional groups attached to an aromatic ring is 1. The standard InChI is InChI=1S/C13H18N6O2/c1-18(8-10-2-5-21-9-10)12-15-11(14)16-13(17-12)19-3-6-20-7-4-19/h2,5,9H,3-4,6-8H2,1H3,(H2,14,15,16,17). The number of hydrogen-bond acceptors (Lipinski definition) is 8. The van der Waals surface area contributed by atoms with E-state index in [2.05, 4.69) is 19.9 Å². The van der Waals surface area contributed by atoms with Crippen LogP contribution in [0.5, 0.6) is 0 Å². The van der Waals surface area contributed by atoms with Gasteiger partial charge in [-0.05, 0) is 6.07 Å². The zero-order valence-electron chi connectivity index (χ0n) is 11.9. The van der Waals surface area contributed by atoms with E-state index in [0.29, 0.717) is 31.7 Å². The van der Waals surface area contributed by atoms with Crippen LogP contribution in [0.3, 0.4) is 0 Å². The summed E-state index contributed by atoms with van der Waals surface area (Å²) in [6.45, 7) is 3.50. The van der Waals surface area contributed by atoms with Crippen LogP contribution in [0.2, 0.25) is 0 Å². The summed E-state index contributed by atoms with van der Waals surface area (Å²) < 4.78 is 10.4. The largest absolute Gasteiger partial charge is 0.472 e. The summed E-state index contributed by atoms with van der Waals surface area (Å²) in [6.07, 6.45) is 3.34. The molecule has 8 nitrogen and oxygen atoms in total. The number of furan rings is 1. The molecule has 0 saturated carbocycles. The average Bonchev–Trinajstić information content (AvgIpc) is 3.00. The molecule has 1 aliphatic heterocycles. The van der Waals surface area contributed by atoms with E-state index < -0.39 is 0 Å². The Morgan fingerprint density at radius 3 is 2.81 bits per heavy atom. The highest BCUT2D eigenvalue weighted by atomic mass is 16.5. The molecular weight excluding hydrogens is 272 g/mol. The maximum absolute atomic E-state index is 5.81. The van der Waals surface area contributed by atoms with E-state index in [1.807, 2.05) is 18.0 Å². The molecule has 8 heteroatoms. The number of nitrogens with two attached hydrogens (primary N) is 1. The van der Waals surface area contributed by atoms with Crippen LogP contribution in [0.15, 0.2) is 23.0 Å². The number of morpholine rings is 1. The van der Waals surface area contributed by atoms with Gasteiger partial charge in [0, 0.05) is 32.2 Å². The van der Waals surface area contributed by atoms with Gasteiger partial charge in [-0.2, -0.15) is 15.0 Å². The fraction of sp³-hybridized carbons (Fsp3) is 0.462. The van der Waals surface area contributed by atoms with Gasteiger partial charge >= 0.3 is 0 Å². The van der Waals surface area contributed by atoms with E-state index in [9.17, 15) is 0 Å². The molecule has 0 unspecified atom stereocenters. The minimum absolute atomic E-state index is 0.223. The zero-order chi connectivity index (χ0) is 14.7. The fourth-order valence-corrected chi connectivity index (χ4v) is 2.17. The van der Waals surface area contributed by atoms with Crippen LogP contribution < -0.4 is 15.5 Å². The van der Waals surface area contributed by atoms with Gasteiger partial charge in [0.25, 0.3) is 0 Å². The van der Waals surface area contributed by atoms with Crippen LogP contribution in [0, 0.1) is 0 Å². The Hall–Kier alpha value is -2.35. The molecule has 2 aromatic rings. The first kappa shape index (κ1) is 13.6. The van der Waals surface area contributed by atoms with Gasteiger partial charge in [-0.1, -0.05) is 0 Å². The zero-order valence-corrected chi connectivity index (χ0v) is 11.9. The van der Waals surface area contributed by atoms with E-state index in [1.165, 1.54) is 0 Å². The molecule has 1 fully saturated rings. The number of anilines is 3. The summed E-state index contributed by atoms with van der Waals surface area (Å²) in [5, 5.41) is 0. The van der Waals surface area contributed by atoms with Crippen LogP contribution in [0.4, 0.5) is 17.8 Å². The molecule has 0 atom stereocenters. The summed E-state index contributed by atoms with van der Waals surface area (Å²) in [5.41, 5.74) is 6.86. The van der Waals surface area contributed by atoms with E-state index in [-0.39, 0.29) is 5.95 Å². The van der Waals surface area contributed by atoms with Crippen molar-refractivity contribution in [2.75, 3.05) is 48.9 Å². The molecule has 112 valence electrons. The molecule has 0 aromatic carbocycles. The normalized spacial score (nSPS) is 15.2.